The largest absolute Gasteiger partial charge is 0.389 e. The van der Waals surface area contributed by atoms with Gasteiger partial charge in [0.05, 0.1) is 18.5 Å². The molecule has 13 heteroatoms. The first-order chi connectivity index (χ1) is 16.6. The number of carbonyl (C=O) groups is 3. The quantitative estimate of drug-likeness (QED) is 0.504. The van der Waals surface area contributed by atoms with Crippen LogP contribution in [0.15, 0.2) is 15.9 Å². The first-order valence-corrected chi connectivity index (χ1v) is 11.9. The maximum Gasteiger partial charge on any atom is 0.332 e. The zero-order chi connectivity index (χ0) is 25.1. The second-order valence-corrected chi connectivity index (χ2v) is 9.74. The van der Waals surface area contributed by atoms with Crippen LogP contribution < -0.4 is 16.6 Å². The number of hydrogen-bond donors (Lipinski definition) is 2. The van der Waals surface area contributed by atoms with Gasteiger partial charge >= 0.3 is 11.7 Å². The fraction of sp³-hybridized carbons (Fsp3) is 0.636. The van der Waals surface area contributed by atoms with Crippen molar-refractivity contribution < 1.29 is 19.5 Å². The van der Waals surface area contributed by atoms with Gasteiger partial charge in [-0.05, 0) is 19.3 Å². The van der Waals surface area contributed by atoms with Gasteiger partial charge in [0, 0.05) is 40.2 Å². The van der Waals surface area contributed by atoms with Gasteiger partial charge in [0.25, 0.3) is 11.5 Å². The summed E-state index contributed by atoms with van der Waals surface area (Å²) in [6, 6.07) is -0.973. The summed E-state index contributed by atoms with van der Waals surface area (Å²) in [7, 11) is 2.90. The van der Waals surface area contributed by atoms with E-state index in [9.17, 15) is 29.1 Å². The Kier molecular flexibility index (Phi) is 5.54. The van der Waals surface area contributed by atoms with Gasteiger partial charge in [-0.15, -0.1) is 0 Å². The number of carbonyl (C=O) groups excluding carboxylic acids is 3. The molecule has 0 radical (unpaired) electrons. The number of imide groups is 1. The van der Waals surface area contributed by atoms with Gasteiger partial charge in [-0.2, -0.15) is 0 Å². The van der Waals surface area contributed by atoms with E-state index in [0.717, 1.165) is 17.4 Å². The van der Waals surface area contributed by atoms with Crippen molar-refractivity contribution in [3.8, 4) is 0 Å². The summed E-state index contributed by atoms with van der Waals surface area (Å²) in [5.41, 5.74) is -1.40. The molecule has 4 heterocycles. The van der Waals surface area contributed by atoms with E-state index in [0.29, 0.717) is 19.3 Å². The van der Waals surface area contributed by atoms with Crippen LogP contribution >= 0.6 is 0 Å². The number of amides is 4. The third-order valence-electron chi connectivity index (χ3n) is 7.61. The molecule has 2 saturated heterocycles. The summed E-state index contributed by atoms with van der Waals surface area (Å²) >= 11 is 0. The van der Waals surface area contributed by atoms with E-state index >= 15 is 0 Å². The van der Waals surface area contributed by atoms with E-state index in [1.807, 2.05) is 0 Å². The third kappa shape index (κ3) is 3.56. The first kappa shape index (κ1) is 23.3. The van der Waals surface area contributed by atoms with Crippen molar-refractivity contribution in [2.45, 2.75) is 56.2 Å². The Morgan fingerprint density at radius 3 is 2.57 bits per heavy atom. The lowest BCUT2D eigenvalue weighted by atomic mass is 9.98. The number of nitrogens with one attached hydrogen (secondary N) is 1. The molecule has 1 aliphatic carbocycles. The van der Waals surface area contributed by atoms with Crippen molar-refractivity contribution in [2.24, 2.45) is 14.1 Å². The number of rotatable bonds is 5. The number of aromatic nitrogens is 4. The minimum absolute atomic E-state index is 0.0915. The zero-order valence-electron chi connectivity index (χ0n) is 19.8. The molecule has 1 saturated carbocycles. The molecule has 0 unspecified atom stereocenters. The molecule has 2 aliphatic heterocycles. The molecule has 188 valence electrons. The standard InChI is InChI=1S/C22H29N7O6/c1-25-17-16(18(32)26(2)21(25)35)23-12-29(17)13-10-27(11-14(13)30)15(31)6-5-9-28-19(33)22(24-20(28)34)7-3-4-8-22/h12-14,30H,3-11H2,1-2H3,(H,24,34)/t13-,14-/m0/s1. The summed E-state index contributed by atoms with van der Waals surface area (Å²) in [6.07, 6.45) is 4.06. The van der Waals surface area contributed by atoms with Gasteiger partial charge < -0.3 is 19.9 Å². The molecular formula is C22H29N7O6. The highest BCUT2D eigenvalue weighted by Gasteiger charge is 2.52. The number of fused-ring (bicyclic) bond motifs is 1. The predicted molar refractivity (Wildman–Crippen MR) is 123 cm³/mol. The lowest BCUT2D eigenvalue weighted by Gasteiger charge is -2.20. The van der Waals surface area contributed by atoms with Crippen molar-refractivity contribution in [1.29, 1.82) is 0 Å². The fourth-order valence-electron chi connectivity index (χ4n) is 5.63. The van der Waals surface area contributed by atoms with E-state index < -0.39 is 35.0 Å². The Morgan fingerprint density at radius 2 is 1.86 bits per heavy atom. The van der Waals surface area contributed by atoms with Crippen molar-refractivity contribution in [2.75, 3.05) is 19.6 Å². The van der Waals surface area contributed by atoms with Crippen LogP contribution in [0.1, 0.15) is 44.6 Å². The van der Waals surface area contributed by atoms with E-state index in [1.165, 1.54) is 34.8 Å². The minimum atomic E-state index is -0.913. The molecule has 13 nitrogen and oxygen atoms in total. The van der Waals surface area contributed by atoms with Gasteiger partial charge in [0.2, 0.25) is 5.91 Å². The van der Waals surface area contributed by atoms with Gasteiger partial charge in [-0.1, -0.05) is 12.8 Å². The summed E-state index contributed by atoms with van der Waals surface area (Å²) in [5.74, 6) is -0.406. The maximum absolute atomic E-state index is 12.9. The number of likely N-dealkylation sites (tertiary alicyclic amines) is 1. The Labute approximate surface area is 199 Å². The summed E-state index contributed by atoms with van der Waals surface area (Å²) in [4.78, 5) is 69.6. The Hall–Kier alpha value is -3.48. The van der Waals surface area contributed by atoms with Crippen LogP contribution in [0.4, 0.5) is 4.79 Å². The highest BCUT2D eigenvalue weighted by Crippen LogP contribution is 2.35. The first-order valence-electron chi connectivity index (χ1n) is 11.9. The predicted octanol–water partition coefficient (Wildman–Crippen LogP) is -1.18. The molecule has 3 aliphatic rings. The summed E-state index contributed by atoms with van der Waals surface area (Å²) < 4.78 is 3.85. The fourth-order valence-corrected chi connectivity index (χ4v) is 5.63. The van der Waals surface area contributed by atoms with E-state index in [-0.39, 0.29) is 49.0 Å². The Balaban J connectivity index is 1.24. The molecule has 35 heavy (non-hydrogen) atoms. The van der Waals surface area contributed by atoms with Crippen LogP contribution in [0.25, 0.3) is 11.2 Å². The van der Waals surface area contributed by atoms with E-state index in [2.05, 4.69) is 10.3 Å². The van der Waals surface area contributed by atoms with Gasteiger partial charge in [-0.3, -0.25) is 28.4 Å². The van der Waals surface area contributed by atoms with Crippen LogP contribution in [0.3, 0.4) is 0 Å². The highest BCUT2D eigenvalue weighted by atomic mass is 16.3. The average Bonchev–Trinajstić information content (AvgIpc) is 3.60. The third-order valence-corrected chi connectivity index (χ3v) is 7.61. The number of aliphatic hydroxyl groups is 1. The normalized spacial score (nSPS) is 23.7. The summed E-state index contributed by atoms with van der Waals surface area (Å²) in [6.45, 7) is 0.435. The van der Waals surface area contributed by atoms with E-state index in [1.54, 1.807) is 4.57 Å². The molecule has 3 fully saturated rings. The van der Waals surface area contributed by atoms with Crippen LogP contribution in [0, 0.1) is 0 Å². The van der Waals surface area contributed by atoms with Crippen molar-refractivity contribution in [1.82, 2.24) is 33.8 Å². The molecule has 2 aromatic heterocycles. The lowest BCUT2D eigenvalue weighted by molar-refractivity contribution is -0.133. The molecular weight excluding hydrogens is 458 g/mol. The lowest BCUT2D eigenvalue weighted by Crippen LogP contribution is -2.44. The SMILES string of the molecule is Cn1c(=O)c2ncn([C@H]3CN(C(=O)CCCN4C(=O)NC5(CCCC5)C4=O)C[C@@H]3O)c2n(C)c1=O. The van der Waals surface area contributed by atoms with Gasteiger partial charge in [0.15, 0.2) is 5.52 Å². The second-order valence-electron chi connectivity index (χ2n) is 9.74. The zero-order valence-corrected chi connectivity index (χ0v) is 19.8. The molecule has 0 bridgehead atoms. The Morgan fingerprint density at radius 1 is 1.14 bits per heavy atom. The topological polar surface area (TPSA) is 152 Å². The second kappa shape index (κ2) is 8.33. The number of nitrogens with zero attached hydrogens (tertiary/aromatic N) is 6. The van der Waals surface area contributed by atoms with Crippen LogP contribution in [0.5, 0.6) is 0 Å². The smallest absolute Gasteiger partial charge is 0.332 e. The van der Waals surface area contributed by atoms with E-state index in [4.69, 9.17) is 0 Å². The monoisotopic (exact) mass is 487 g/mol. The van der Waals surface area contributed by atoms with Gasteiger partial charge in [-0.25, -0.2) is 14.6 Å². The van der Waals surface area contributed by atoms with Crippen LogP contribution in [-0.4, -0.2) is 82.7 Å². The molecule has 1 spiro atoms. The summed E-state index contributed by atoms with van der Waals surface area (Å²) in [5, 5.41) is 13.5. The highest BCUT2D eigenvalue weighted by molar-refractivity contribution is 6.07. The van der Waals surface area contributed by atoms with Crippen LogP contribution in [0.2, 0.25) is 0 Å². The number of hydrogen-bond acceptors (Lipinski definition) is 7. The average molecular weight is 488 g/mol. The van der Waals surface area contributed by atoms with Crippen molar-refractivity contribution in [3.05, 3.63) is 27.2 Å². The number of imidazole rings is 1. The molecule has 5 rings (SSSR count). The number of aliphatic hydroxyl groups excluding tert-OH is 1. The number of β-amino-alcohol motifs (C(OH)–C–C–N with tert-alkyl or cyclic N) is 1. The van der Waals surface area contributed by atoms with Crippen molar-refractivity contribution >= 4 is 29.0 Å². The van der Waals surface area contributed by atoms with Crippen molar-refractivity contribution in [3.63, 3.8) is 0 Å². The Bertz CT molecular complexity index is 1330. The minimum Gasteiger partial charge on any atom is -0.389 e. The van der Waals surface area contributed by atoms with Gasteiger partial charge in [0.1, 0.15) is 11.2 Å². The molecule has 2 aromatic rings. The number of aryl methyl sites for hydroxylation is 1. The molecule has 2 N–H and O–H groups in total. The molecule has 4 amide bonds. The number of urea groups is 1. The maximum atomic E-state index is 12.9. The molecule has 2 atom stereocenters. The molecule has 0 aromatic carbocycles. The van der Waals surface area contributed by atoms with Crippen LogP contribution in [-0.2, 0) is 23.7 Å².